The third-order valence-corrected chi connectivity index (χ3v) is 3.32. The average Bonchev–Trinajstić information content (AvgIpc) is 3.08. The van der Waals surface area contributed by atoms with E-state index in [9.17, 15) is 23.1 Å². The highest BCUT2D eigenvalue weighted by atomic mass is 35.5. The molecule has 2 amide bonds. The van der Waals surface area contributed by atoms with Gasteiger partial charge in [0, 0.05) is 11.1 Å². The molecule has 4 N–H and O–H groups in total. The lowest BCUT2D eigenvalue weighted by molar-refractivity contribution is -0.138. The largest absolute Gasteiger partial charge is 0.416 e. The number of carbonyl (C=O) groups is 1. The first-order valence-corrected chi connectivity index (χ1v) is 5.67. The molecule has 2 rings (SSSR count). The van der Waals surface area contributed by atoms with Crippen LogP contribution in [0.5, 0.6) is 0 Å². The zero-order valence-corrected chi connectivity index (χ0v) is 11.1. The van der Waals surface area contributed by atoms with E-state index in [1.807, 2.05) is 0 Å². The minimum absolute atomic E-state index is 0. The Kier molecular flexibility index (Phi) is 4.55. The van der Waals surface area contributed by atoms with E-state index in [-0.39, 0.29) is 30.3 Å². The van der Waals surface area contributed by atoms with E-state index < -0.39 is 23.2 Å². The second kappa shape index (κ2) is 5.49. The Labute approximate surface area is 119 Å². The summed E-state index contributed by atoms with van der Waals surface area (Å²) in [6.07, 6.45) is -3.50. The fourth-order valence-corrected chi connectivity index (χ4v) is 2.12. The maximum absolute atomic E-state index is 13.0. The van der Waals surface area contributed by atoms with Crippen LogP contribution in [0.25, 0.3) is 0 Å². The van der Waals surface area contributed by atoms with Crippen molar-refractivity contribution in [2.45, 2.75) is 24.4 Å². The number of halogens is 4. The lowest BCUT2D eigenvalue weighted by atomic mass is 9.91. The summed E-state index contributed by atoms with van der Waals surface area (Å²) in [7, 11) is 0. The van der Waals surface area contributed by atoms with Crippen molar-refractivity contribution in [2.75, 3.05) is 11.9 Å². The van der Waals surface area contributed by atoms with Crippen molar-refractivity contribution < 1.29 is 23.1 Å². The van der Waals surface area contributed by atoms with Crippen LogP contribution in [-0.2, 0) is 11.6 Å². The summed E-state index contributed by atoms with van der Waals surface area (Å²) in [6.45, 7) is -0.321. The van der Waals surface area contributed by atoms with E-state index >= 15 is 0 Å². The highest BCUT2D eigenvalue weighted by molar-refractivity contribution is 5.88. The number of benzene rings is 1. The Balaban J connectivity index is 0.00000200. The molecule has 1 fully saturated rings. The van der Waals surface area contributed by atoms with Gasteiger partial charge in [-0.05, 0) is 30.5 Å². The van der Waals surface area contributed by atoms with E-state index in [1.54, 1.807) is 0 Å². The van der Waals surface area contributed by atoms with Crippen molar-refractivity contribution >= 4 is 24.1 Å². The summed E-state index contributed by atoms with van der Waals surface area (Å²) >= 11 is 0. The van der Waals surface area contributed by atoms with Gasteiger partial charge < -0.3 is 16.2 Å². The van der Waals surface area contributed by atoms with Gasteiger partial charge in [-0.3, -0.25) is 0 Å². The van der Waals surface area contributed by atoms with Gasteiger partial charge in [0.25, 0.3) is 0 Å². The molecule has 1 aliphatic carbocycles. The van der Waals surface area contributed by atoms with Crippen LogP contribution in [0.1, 0.15) is 24.0 Å². The number of alkyl halides is 3. The maximum atomic E-state index is 13.0. The molecule has 0 bridgehead atoms. The number of nitrogens with two attached hydrogens (primary N) is 1. The predicted molar refractivity (Wildman–Crippen MR) is 69.9 cm³/mol. The van der Waals surface area contributed by atoms with E-state index in [2.05, 4.69) is 5.32 Å². The molecule has 1 aromatic rings. The molecule has 0 spiro atoms. The van der Waals surface area contributed by atoms with Crippen LogP contribution in [0.3, 0.4) is 0 Å². The number of carbonyl (C=O) groups excluding carboxylic acids is 1. The molecule has 0 unspecified atom stereocenters. The Bertz CT molecular complexity index is 516. The van der Waals surface area contributed by atoms with Crippen LogP contribution < -0.4 is 11.1 Å². The minimum atomic E-state index is -4.55. The highest BCUT2D eigenvalue weighted by Crippen LogP contribution is 2.51. The van der Waals surface area contributed by atoms with Crippen molar-refractivity contribution in [3.8, 4) is 0 Å². The van der Waals surface area contributed by atoms with Crippen LogP contribution in [0.2, 0.25) is 0 Å². The van der Waals surface area contributed by atoms with Gasteiger partial charge in [-0.1, -0.05) is 6.07 Å². The Morgan fingerprint density at radius 1 is 1.40 bits per heavy atom. The van der Waals surface area contributed by atoms with Gasteiger partial charge in [0.1, 0.15) is 0 Å². The lowest BCUT2D eigenvalue weighted by Crippen LogP contribution is -2.22. The third-order valence-electron chi connectivity index (χ3n) is 3.32. The van der Waals surface area contributed by atoms with E-state index in [0.29, 0.717) is 12.8 Å². The van der Waals surface area contributed by atoms with Crippen molar-refractivity contribution in [1.29, 1.82) is 0 Å². The molecule has 0 aromatic heterocycles. The molecule has 1 aromatic carbocycles. The monoisotopic (exact) mass is 310 g/mol. The summed E-state index contributed by atoms with van der Waals surface area (Å²) in [5, 5.41) is 11.4. The van der Waals surface area contributed by atoms with Gasteiger partial charge >= 0.3 is 12.2 Å². The number of amides is 2. The summed E-state index contributed by atoms with van der Waals surface area (Å²) in [5.74, 6) is 0. The van der Waals surface area contributed by atoms with Gasteiger partial charge in [0.15, 0.2) is 0 Å². The Hall–Kier alpha value is -1.47. The number of rotatable bonds is 3. The molecule has 4 nitrogen and oxygen atoms in total. The number of primary amides is 1. The van der Waals surface area contributed by atoms with Crippen molar-refractivity contribution in [3.05, 3.63) is 29.3 Å². The number of urea groups is 1. The SMILES string of the molecule is Cl.NC(=O)Nc1ccc(C2(CO)CC2)c(C(F)(F)F)c1. The van der Waals surface area contributed by atoms with Crippen molar-refractivity contribution in [3.63, 3.8) is 0 Å². The molecule has 112 valence electrons. The molecule has 0 saturated heterocycles. The van der Waals surface area contributed by atoms with Gasteiger partial charge in [-0.2, -0.15) is 13.2 Å². The summed E-state index contributed by atoms with van der Waals surface area (Å²) in [6, 6.07) is 2.56. The second-order valence-corrected chi connectivity index (χ2v) is 4.69. The first kappa shape index (κ1) is 16.6. The van der Waals surface area contributed by atoms with E-state index in [0.717, 1.165) is 6.07 Å². The van der Waals surface area contributed by atoms with Gasteiger partial charge in [0.05, 0.1) is 12.2 Å². The lowest BCUT2D eigenvalue weighted by Gasteiger charge is -2.20. The summed E-state index contributed by atoms with van der Waals surface area (Å²) < 4.78 is 39.1. The second-order valence-electron chi connectivity index (χ2n) is 4.69. The zero-order valence-electron chi connectivity index (χ0n) is 10.3. The smallest absolute Gasteiger partial charge is 0.395 e. The molecule has 0 aliphatic heterocycles. The van der Waals surface area contributed by atoms with Crippen LogP contribution in [-0.4, -0.2) is 17.7 Å². The molecular formula is C12H14ClF3N2O2. The van der Waals surface area contributed by atoms with E-state index in [1.165, 1.54) is 12.1 Å². The molecule has 20 heavy (non-hydrogen) atoms. The third kappa shape index (κ3) is 3.16. The topological polar surface area (TPSA) is 75.4 Å². The minimum Gasteiger partial charge on any atom is -0.395 e. The van der Waals surface area contributed by atoms with Crippen molar-refractivity contribution in [1.82, 2.24) is 0 Å². The number of anilines is 1. The number of hydrogen-bond donors (Lipinski definition) is 3. The maximum Gasteiger partial charge on any atom is 0.416 e. The Morgan fingerprint density at radius 2 is 2.00 bits per heavy atom. The number of hydrogen-bond acceptors (Lipinski definition) is 2. The molecular weight excluding hydrogens is 297 g/mol. The molecule has 0 radical (unpaired) electrons. The van der Waals surface area contributed by atoms with Crippen LogP contribution in [0.15, 0.2) is 18.2 Å². The standard InChI is InChI=1S/C12H13F3N2O2.ClH/c13-12(14,15)9-5-7(17-10(16)19)1-2-8(9)11(6-18)3-4-11;/h1-2,5,18H,3-4,6H2,(H3,16,17,19);1H. The normalized spacial score (nSPS) is 16.2. The summed E-state index contributed by atoms with van der Waals surface area (Å²) in [5.41, 5.74) is 3.29. The average molecular weight is 311 g/mol. The first-order valence-electron chi connectivity index (χ1n) is 5.67. The fraction of sp³-hybridized carbons (Fsp3) is 0.417. The Morgan fingerprint density at radius 3 is 2.40 bits per heavy atom. The molecule has 1 aliphatic rings. The molecule has 0 heterocycles. The molecule has 8 heteroatoms. The van der Waals surface area contributed by atoms with Crippen LogP contribution in [0, 0.1) is 0 Å². The molecule has 0 atom stereocenters. The zero-order chi connectivity index (χ0) is 14.3. The number of nitrogens with one attached hydrogen (secondary N) is 1. The van der Waals surface area contributed by atoms with Crippen LogP contribution in [0.4, 0.5) is 23.7 Å². The number of aliphatic hydroxyl groups excluding tert-OH is 1. The summed E-state index contributed by atoms with van der Waals surface area (Å²) in [4.78, 5) is 10.7. The number of aliphatic hydroxyl groups is 1. The molecule has 1 saturated carbocycles. The first-order chi connectivity index (χ1) is 8.78. The van der Waals surface area contributed by atoms with Gasteiger partial charge in [-0.15, -0.1) is 12.4 Å². The predicted octanol–water partition coefficient (Wildman–Crippen LogP) is 2.64. The fourth-order valence-electron chi connectivity index (χ4n) is 2.12. The van der Waals surface area contributed by atoms with E-state index in [4.69, 9.17) is 5.73 Å². The van der Waals surface area contributed by atoms with Crippen molar-refractivity contribution in [2.24, 2.45) is 5.73 Å². The van der Waals surface area contributed by atoms with Gasteiger partial charge in [-0.25, -0.2) is 4.79 Å². The van der Waals surface area contributed by atoms with Crippen LogP contribution >= 0.6 is 12.4 Å². The van der Waals surface area contributed by atoms with Gasteiger partial charge in [0.2, 0.25) is 0 Å². The quantitative estimate of drug-likeness (QED) is 0.803. The highest BCUT2D eigenvalue weighted by Gasteiger charge is 2.48.